The molecule has 1 aromatic rings. The van der Waals surface area contributed by atoms with Crippen LogP contribution in [0.2, 0.25) is 0 Å². The predicted molar refractivity (Wildman–Crippen MR) is 56.4 cm³/mol. The number of nitrogens with two attached hydrogens (primary N) is 1. The fourth-order valence-electron chi connectivity index (χ4n) is 1.14. The maximum absolute atomic E-state index is 11.7. The number of aromatic nitrogens is 2. The van der Waals surface area contributed by atoms with Crippen molar-refractivity contribution in [1.29, 1.82) is 0 Å². The molecule has 0 amide bonds. The summed E-state index contributed by atoms with van der Waals surface area (Å²) in [7, 11) is 0. The molecule has 1 heterocycles. The van der Waals surface area contributed by atoms with Crippen molar-refractivity contribution in [3.63, 3.8) is 0 Å². The van der Waals surface area contributed by atoms with Gasteiger partial charge in [0.25, 0.3) is 5.56 Å². The molecule has 0 atom stereocenters. The lowest BCUT2D eigenvalue weighted by Crippen LogP contribution is -2.27. The van der Waals surface area contributed by atoms with Crippen LogP contribution in [0, 0.1) is 0 Å². The van der Waals surface area contributed by atoms with Crippen molar-refractivity contribution in [3.05, 3.63) is 22.7 Å². The Bertz CT molecular complexity index is 345. The summed E-state index contributed by atoms with van der Waals surface area (Å²) in [6, 6.07) is 0.143. The van der Waals surface area contributed by atoms with Crippen LogP contribution in [0.15, 0.2) is 17.2 Å². The fourth-order valence-corrected chi connectivity index (χ4v) is 1.14. The first-order chi connectivity index (χ1) is 6.66. The van der Waals surface area contributed by atoms with Gasteiger partial charge in [0, 0.05) is 31.5 Å². The molecule has 0 aliphatic heterocycles. The Morgan fingerprint density at radius 3 is 2.93 bits per heavy atom. The Labute approximate surface area is 83.0 Å². The van der Waals surface area contributed by atoms with Crippen molar-refractivity contribution in [2.24, 2.45) is 5.73 Å². The smallest absolute Gasteiger partial charge is 0.293 e. The summed E-state index contributed by atoms with van der Waals surface area (Å²) in [5, 5.41) is 2.89. The van der Waals surface area contributed by atoms with E-state index in [1.54, 1.807) is 17.0 Å². The molecule has 0 bridgehead atoms. The number of hydrogen-bond acceptors (Lipinski definition) is 4. The van der Waals surface area contributed by atoms with Gasteiger partial charge in [0.1, 0.15) is 0 Å². The molecule has 0 aromatic carbocycles. The van der Waals surface area contributed by atoms with Crippen LogP contribution < -0.4 is 16.6 Å². The van der Waals surface area contributed by atoms with Crippen LogP contribution in [-0.4, -0.2) is 22.6 Å². The Morgan fingerprint density at radius 1 is 1.64 bits per heavy atom. The summed E-state index contributed by atoms with van der Waals surface area (Å²) in [6.07, 6.45) is 3.29. The van der Waals surface area contributed by atoms with Gasteiger partial charge in [0.05, 0.1) is 0 Å². The van der Waals surface area contributed by atoms with Gasteiger partial charge in [-0.1, -0.05) is 0 Å². The van der Waals surface area contributed by atoms with E-state index >= 15 is 0 Å². The quantitative estimate of drug-likeness (QED) is 0.721. The number of nitrogens with zero attached hydrogens (tertiary/aromatic N) is 2. The lowest BCUT2D eigenvalue weighted by molar-refractivity contribution is 0.575. The van der Waals surface area contributed by atoms with Gasteiger partial charge >= 0.3 is 0 Å². The monoisotopic (exact) mass is 196 g/mol. The molecule has 3 N–H and O–H groups in total. The van der Waals surface area contributed by atoms with E-state index < -0.39 is 0 Å². The molecule has 0 saturated heterocycles. The number of anilines is 1. The predicted octanol–water partition coefficient (Wildman–Crippen LogP) is 0.195. The second-order valence-electron chi connectivity index (χ2n) is 3.30. The van der Waals surface area contributed by atoms with Gasteiger partial charge in [-0.25, -0.2) is 4.98 Å². The van der Waals surface area contributed by atoms with Crippen molar-refractivity contribution in [3.8, 4) is 0 Å². The molecule has 1 aromatic heterocycles. The highest BCUT2D eigenvalue weighted by Gasteiger charge is 2.05. The van der Waals surface area contributed by atoms with Crippen LogP contribution in [-0.2, 0) is 0 Å². The Balaban J connectivity index is 2.96. The molecule has 1 rings (SSSR count). The van der Waals surface area contributed by atoms with Gasteiger partial charge in [-0.2, -0.15) is 0 Å². The van der Waals surface area contributed by atoms with Crippen molar-refractivity contribution in [2.75, 3.05) is 18.4 Å². The highest BCUT2D eigenvalue weighted by Crippen LogP contribution is 2.00. The molecule has 0 aliphatic rings. The minimum absolute atomic E-state index is 0.101. The molecular weight excluding hydrogens is 180 g/mol. The summed E-state index contributed by atoms with van der Waals surface area (Å²) in [5.41, 5.74) is 5.22. The van der Waals surface area contributed by atoms with Gasteiger partial charge in [0.2, 0.25) is 0 Å². The van der Waals surface area contributed by atoms with Crippen LogP contribution in [0.4, 0.5) is 5.82 Å². The molecule has 5 heteroatoms. The van der Waals surface area contributed by atoms with E-state index in [9.17, 15) is 4.79 Å². The minimum Gasteiger partial charge on any atom is -0.364 e. The second-order valence-corrected chi connectivity index (χ2v) is 3.30. The zero-order chi connectivity index (χ0) is 10.6. The highest BCUT2D eigenvalue weighted by atomic mass is 16.1. The first kappa shape index (κ1) is 10.7. The van der Waals surface area contributed by atoms with Gasteiger partial charge in [-0.05, 0) is 13.8 Å². The van der Waals surface area contributed by atoms with Crippen LogP contribution >= 0.6 is 0 Å². The molecule has 0 spiro atoms. The van der Waals surface area contributed by atoms with Crippen molar-refractivity contribution in [1.82, 2.24) is 9.55 Å². The van der Waals surface area contributed by atoms with Gasteiger partial charge in [-0.3, -0.25) is 4.79 Å². The Morgan fingerprint density at radius 2 is 2.36 bits per heavy atom. The van der Waals surface area contributed by atoms with Crippen molar-refractivity contribution in [2.45, 2.75) is 19.9 Å². The summed E-state index contributed by atoms with van der Waals surface area (Å²) < 4.78 is 1.63. The van der Waals surface area contributed by atoms with Crippen molar-refractivity contribution < 1.29 is 0 Å². The largest absolute Gasteiger partial charge is 0.364 e. The van der Waals surface area contributed by atoms with Crippen LogP contribution in [0.25, 0.3) is 0 Å². The summed E-state index contributed by atoms with van der Waals surface area (Å²) in [4.78, 5) is 15.7. The van der Waals surface area contributed by atoms with Crippen molar-refractivity contribution >= 4 is 5.82 Å². The third-order valence-corrected chi connectivity index (χ3v) is 1.86. The average Bonchev–Trinajstić information content (AvgIpc) is 2.16. The zero-order valence-electron chi connectivity index (χ0n) is 8.53. The number of rotatable bonds is 4. The molecule has 0 fully saturated rings. The first-order valence-corrected chi connectivity index (χ1v) is 4.68. The van der Waals surface area contributed by atoms with E-state index in [4.69, 9.17) is 5.73 Å². The van der Waals surface area contributed by atoms with E-state index in [0.29, 0.717) is 18.9 Å². The number of nitrogens with one attached hydrogen (secondary N) is 1. The lowest BCUT2D eigenvalue weighted by atomic mass is 10.4. The van der Waals surface area contributed by atoms with E-state index in [2.05, 4.69) is 10.3 Å². The molecule has 0 aliphatic carbocycles. The maximum atomic E-state index is 11.7. The van der Waals surface area contributed by atoms with Gasteiger partial charge in [-0.15, -0.1) is 0 Å². The van der Waals surface area contributed by atoms with Crippen LogP contribution in [0.1, 0.15) is 19.9 Å². The Kier molecular flexibility index (Phi) is 3.64. The molecule has 5 nitrogen and oxygen atoms in total. The minimum atomic E-state index is -0.101. The molecule has 78 valence electrons. The average molecular weight is 196 g/mol. The molecule has 0 saturated carbocycles. The molecular formula is C9H16N4O. The van der Waals surface area contributed by atoms with E-state index in [0.717, 1.165) is 0 Å². The first-order valence-electron chi connectivity index (χ1n) is 4.68. The molecule has 0 radical (unpaired) electrons. The number of hydrogen-bond donors (Lipinski definition) is 2. The second kappa shape index (κ2) is 4.76. The van der Waals surface area contributed by atoms with Gasteiger partial charge in [0.15, 0.2) is 5.82 Å². The zero-order valence-corrected chi connectivity index (χ0v) is 8.53. The molecule has 14 heavy (non-hydrogen) atoms. The topological polar surface area (TPSA) is 72.9 Å². The van der Waals surface area contributed by atoms with E-state index in [1.165, 1.54) is 0 Å². The SMILES string of the molecule is CC(C)n1ccnc(NCCN)c1=O. The lowest BCUT2D eigenvalue weighted by Gasteiger charge is -2.10. The molecule has 0 unspecified atom stereocenters. The normalized spacial score (nSPS) is 10.6. The highest BCUT2D eigenvalue weighted by molar-refractivity contribution is 5.30. The van der Waals surface area contributed by atoms with Crippen LogP contribution in [0.3, 0.4) is 0 Å². The third-order valence-electron chi connectivity index (χ3n) is 1.86. The van der Waals surface area contributed by atoms with E-state index in [-0.39, 0.29) is 11.6 Å². The maximum Gasteiger partial charge on any atom is 0.293 e. The summed E-state index contributed by atoms with van der Waals surface area (Å²) in [6.45, 7) is 4.95. The standard InChI is InChI=1S/C9H16N4O/c1-7(2)13-6-5-12-8(9(13)14)11-4-3-10/h5-7H,3-4,10H2,1-2H3,(H,11,12). The third kappa shape index (κ3) is 2.32. The van der Waals surface area contributed by atoms with Gasteiger partial charge < -0.3 is 15.6 Å². The summed E-state index contributed by atoms with van der Waals surface area (Å²) >= 11 is 0. The Hall–Kier alpha value is -1.36. The fraction of sp³-hybridized carbons (Fsp3) is 0.556. The van der Waals surface area contributed by atoms with E-state index in [1.807, 2.05) is 13.8 Å². The van der Waals surface area contributed by atoms with Crippen LogP contribution in [0.5, 0.6) is 0 Å². The summed E-state index contributed by atoms with van der Waals surface area (Å²) in [5.74, 6) is 0.367.